The van der Waals surface area contributed by atoms with Crippen LogP contribution < -0.4 is 11.5 Å². The van der Waals surface area contributed by atoms with Crippen molar-refractivity contribution >= 4 is 6.09 Å². The molecule has 1 saturated heterocycles. The maximum Gasteiger partial charge on any atom is 0.410 e. The summed E-state index contributed by atoms with van der Waals surface area (Å²) in [6, 6.07) is 0. The fourth-order valence-electron chi connectivity index (χ4n) is 1.93. The van der Waals surface area contributed by atoms with Gasteiger partial charge in [0.25, 0.3) is 0 Å². The highest BCUT2D eigenvalue weighted by Crippen LogP contribution is 2.20. The van der Waals surface area contributed by atoms with Crippen LogP contribution in [-0.2, 0) is 4.74 Å². The van der Waals surface area contributed by atoms with Crippen LogP contribution in [0.15, 0.2) is 0 Å². The standard InChI is InChI=1S/C12H25N3O2/c1-11(2,3)17-10(16)15-7-4-5-12(14,9-13)6-8-15/h4-9,13-14H2,1-3H3. The topological polar surface area (TPSA) is 81.6 Å². The van der Waals surface area contributed by atoms with Crippen LogP contribution in [0.3, 0.4) is 0 Å². The number of rotatable bonds is 1. The molecule has 0 aromatic rings. The molecule has 1 amide bonds. The summed E-state index contributed by atoms with van der Waals surface area (Å²) in [5.41, 5.74) is 11.0. The molecule has 0 spiro atoms. The molecule has 100 valence electrons. The molecule has 1 aliphatic rings. The Bertz CT molecular complexity index is 275. The lowest BCUT2D eigenvalue weighted by Crippen LogP contribution is -2.48. The third-order valence-corrected chi connectivity index (χ3v) is 3.04. The van der Waals surface area contributed by atoms with E-state index in [2.05, 4.69) is 0 Å². The summed E-state index contributed by atoms with van der Waals surface area (Å²) in [6.07, 6.45) is 2.23. The summed E-state index contributed by atoms with van der Waals surface area (Å²) in [7, 11) is 0. The van der Waals surface area contributed by atoms with E-state index in [1.807, 2.05) is 20.8 Å². The first-order chi connectivity index (χ1) is 7.76. The molecule has 0 radical (unpaired) electrons. The van der Waals surface area contributed by atoms with Gasteiger partial charge in [-0.2, -0.15) is 0 Å². The predicted molar refractivity (Wildman–Crippen MR) is 67.6 cm³/mol. The number of likely N-dealkylation sites (tertiary alicyclic amines) is 1. The number of hydrogen-bond donors (Lipinski definition) is 2. The highest BCUT2D eigenvalue weighted by Gasteiger charge is 2.30. The van der Waals surface area contributed by atoms with Gasteiger partial charge in [0.15, 0.2) is 0 Å². The van der Waals surface area contributed by atoms with Crippen molar-refractivity contribution in [2.24, 2.45) is 11.5 Å². The molecular formula is C12H25N3O2. The second-order valence-corrected chi connectivity index (χ2v) is 5.89. The first-order valence-corrected chi connectivity index (χ1v) is 6.23. The average molecular weight is 243 g/mol. The Morgan fingerprint density at radius 3 is 2.53 bits per heavy atom. The average Bonchev–Trinajstić information content (AvgIpc) is 2.39. The largest absolute Gasteiger partial charge is 0.444 e. The number of ether oxygens (including phenoxy) is 1. The number of nitrogens with zero attached hydrogens (tertiary/aromatic N) is 1. The van der Waals surface area contributed by atoms with Crippen LogP contribution in [0.4, 0.5) is 4.79 Å². The third-order valence-electron chi connectivity index (χ3n) is 3.04. The minimum atomic E-state index is -0.447. The molecule has 0 bridgehead atoms. The molecule has 0 aromatic heterocycles. The number of hydrogen-bond acceptors (Lipinski definition) is 4. The lowest BCUT2D eigenvalue weighted by Gasteiger charge is -2.28. The molecule has 1 aliphatic heterocycles. The molecule has 0 aromatic carbocycles. The third kappa shape index (κ3) is 4.52. The molecule has 1 fully saturated rings. The van der Waals surface area contributed by atoms with E-state index in [-0.39, 0.29) is 11.6 Å². The van der Waals surface area contributed by atoms with Crippen LogP contribution in [0.2, 0.25) is 0 Å². The Morgan fingerprint density at radius 2 is 2.00 bits per heavy atom. The number of carbonyl (C=O) groups excluding carboxylic acids is 1. The van der Waals surface area contributed by atoms with Crippen molar-refractivity contribution in [3.05, 3.63) is 0 Å². The Hall–Kier alpha value is -0.810. The van der Waals surface area contributed by atoms with Crippen LogP contribution in [-0.4, -0.2) is 41.8 Å². The van der Waals surface area contributed by atoms with Crippen molar-refractivity contribution in [2.75, 3.05) is 19.6 Å². The lowest BCUT2D eigenvalue weighted by atomic mass is 9.92. The first-order valence-electron chi connectivity index (χ1n) is 6.23. The van der Waals surface area contributed by atoms with E-state index < -0.39 is 5.60 Å². The van der Waals surface area contributed by atoms with E-state index in [4.69, 9.17) is 16.2 Å². The maximum atomic E-state index is 11.9. The zero-order chi connectivity index (χ0) is 13.1. The van der Waals surface area contributed by atoms with Crippen molar-refractivity contribution in [3.63, 3.8) is 0 Å². The number of nitrogens with two attached hydrogens (primary N) is 2. The van der Waals surface area contributed by atoms with Gasteiger partial charge in [-0.1, -0.05) is 0 Å². The summed E-state index contributed by atoms with van der Waals surface area (Å²) in [4.78, 5) is 13.6. The zero-order valence-corrected chi connectivity index (χ0v) is 11.2. The van der Waals surface area contributed by atoms with E-state index in [0.29, 0.717) is 19.6 Å². The van der Waals surface area contributed by atoms with Gasteiger partial charge in [-0.25, -0.2) is 4.79 Å². The van der Waals surface area contributed by atoms with Gasteiger partial charge in [0, 0.05) is 25.2 Å². The van der Waals surface area contributed by atoms with Crippen molar-refractivity contribution < 1.29 is 9.53 Å². The second kappa shape index (κ2) is 5.23. The maximum absolute atomic E-state index is 11.9. The Morgan fingerprint density at radius 1 is 1.35 bits per heavy atom. The van der Waals surface area contributed by atoms with Gasteiger partial charge in [-0.3, -0.25) is 0 Å². The van der Waals surface area contributed by atoms with Crippen molar-refractivity contribution in [1.82, 2.24) is 4.90 Å². The van der Waals surface area contributed by atoms with E-state index in [1.165, 1.54) is 0 Å². The van der Waals surface area contributed by atoms with Gasteiger partial charge in [0.05, 0.1) is 0 Å². The molecular weight excluding hydrogens is 218 g/mol. The van der Waals surface area contributed by atoms with Gasteiger partial charge in [-0.05, 0) is 40.0 Å². The molecule has 1 heterocycles. The van der Waals surface area contributed by atoms with Gasteiger partial charge < -0.3 is 21.1 Å². The van der Waals surface area contributed by atoms with Gasteiger partial charge in [-0.15, -0.1) is 0 Å². The summed E-state index contributed by atoms with van der Waals surface area (Å²) in [5.74, 6) is 0. The Balaban J connectivity index is 2.54. The quantitative estimate of drug-likeness (QED) is 0.721. The fourth-order valence-corrected chi connectivity index (χ4v) is 1.93. The van der Waals surface area contributed by atoms with Gasteiger partial charge >= 0.3 is 6.09 Å². The van der Waals surface area contributed by atoms with Crippen LogP contribution in [0.5, 0.6) is 0 Å². The van der Waals surface area contributed by atoms with E-state index in [1.54, 1.807) is 4.90 Å². The monoisotopic (exact) mass is 243 g/mol. The summed E-state index contributed by atoms with van der Waals surface area (Å²) < 4.78 is 5.35. The van der Waals surface area contributed by atoms with E-state index >= 15 is 0 Å². The molecule has 0 saturated carbocycles. The van der Waals surface area contributed by atoms with Gasteiger partial charge in [0.1, 0.15) is 5.60 Å². The smallest absolute Gasteiger partial charge is 0.410 e. The molecule has 5 heteroatoms. The minimum Gasteiger partial charge on any atom is -0.444 e. The van der Waals surface area contributed by atoms with Crippen LogP contribution >= 0.6 is 0 Å². The zero-order valence-electron chi connectivity index (χ0n) is 11.2. The highest BCUT2D eigenvalue weighted by atomic mass is 16.6. The van der Waals surface area contributed by atoms with Crippen LogP contribution in [0.1, 0.15) is 40.0 Å². The van der Waals surface area contributed by atoms with E-state index in [9.17, 15) is 4.79 Å². The number of amides is 1. The van der Waals surface area contributed by atoms with Crippen molar-refractivity contribution in [3.8, 4) is 0 Å². The minimum absolute atomic E-state index is 0.251. The highest BCUT2D eigenvalue weighted by molar-refractivity contribution is 5.68. The molecule has 0 aliphatic carbocycles. The van der Waals surface area contributed by atoms with E-state index in [0.717, 1.165) is 19.3 Å². The predicted octanol–water partition coefficient (Wildman–Crippen LogP) is 1.06. The molecule has 1 unspecified atom stereocenters. The molecule has 1 rings (SSSR count). The first kappa shape index (κ1) is 14.3. The Kier molecular flexibility index (Phi) is 4.38. The van der Waals surface area contributed by atoms with Crippen LogP contribution in [0.25, 0.3) is 0 Å². The summed E-state index contributed by atoms with van der Waals surface area (Å²) in [6.45, 7) is 7.41. The fraction of sp³-hybridized carbons (Fsp3) is 0.917. The molecule has 5 nitrogen and oxygen atoms in total. The normalized spacial score (nSPS) is 26.5. The van der Waals surface area contributed by atoms with Crippen molar-refractivity contribution in [2.45, 2.75) is 51.2 Å². The lowest BCUT2D eigenvalue weighted by molar-refractivity contribution is 0.0254. The Labute approximate surface area is 103 Å². The molecule has 17 heavy (non-hydrogen) atoms. The van der Waals surface area contributed by atoms with Crippen LogP contribution in [0, 0.1) is 0 Å². The van der Waals surface area contributed by atoms with Gasteiger partial charge in [0.2, 0.25) is 0 Å². The van der Waals surface area contributed by atoms with Crippen molar-refractivity contribution in [1.29, 1.82) is 0 Å². The SMILES string of the molecule is CC(C)(C)OC(=O)N1CCCC(N)(CN)CC1. The second-order valence-electron chi connectivity index (χ2n) is 5.89. The summed E-state index contributed by atoms with van der Waals surface area (Å²) >= 11 is 0. The molecule has 1 atom stereocenters. The molecule has 4 N–H and O–H groups in total. The number of carbonyl (C=O) groups is 1. The summed E-state index contributed by atoms with van der Waals surface area (Å²) in [5, 5.41) is 0.